The van der Waals surface area contributed by atoms with Crippen LogP contribution in [0.25, 0.3) is 0 Å². The highest BCUT2D eigenvalue weighted by Gasteiger charge is 2.23. The summed E-state index contributed by atoms with van der Waals surface area (Å²) >= 11 is 0. The summed E-state index contributed by atoms with van der Waals surface area (Å²) in [5, 5.41) is 10.7. The average Bonchev–Trinajstić information content (AvgIpc) is 2.89. The number of nitro groups is 1. The largest absolute Gasteiger partial charge is 0.398 e. The van der Waals surface area contributed by atoms with Gasteiger partial charge in [-0.05, 0) is 18.9 Å². The van der Waals surface area contributed by atoms with E-state index in [2.05, 4.69) is 4.72 Å². The maximum absolute atomic E-state index is 12.1. The van der Waals surface area contributed by atoms with Gasteiger partial charge in [-0.3, -0.25) is 10.1 Å². The van der Waals surface area contributed by atoms with Gasteiger partial charge in [0.1, 0.15) is 4.90 Å². The molecule has 110 valence electrons. The number of hydrogen-bond donors (Lipinski definition) is 2. The molecule has 0 aliphatic carbocycles. The van der Waals surface area contributed by atoms with Gasteiger partial charge in [-0.15, -0.1) is 0 Å². The van der Waals surface area contributed by atoms with Crippen LogP contribution < -0.4 is 10.5 Å². The highest BCUT2D eigenvalue weighted by Crippen LogP contribution is 2.24. The second-order valence-corrected chi connectivity index (χ2v) is 6.20. The van der Waals surface area contributed by atoms with Crippen molar-refractivity contribution in [3.8, 4) is 0 Å². The van der Waals surface area contributed by atoms with Gasteiger partial charge in [-0.2, -0.15) is 0 Å². The first kappa shape index (κ1) is 14.7. The number of nitrogens with two attached hydrogens (primary N) is 1. The molecule has 1 aliphatic rings. The first-order valence-electron chi connectivity index (χ1n) is 6.05. The zero-order chi connectivity index (χ0) is 14.8. The molecule has 1 aromatic carbocycles. The maximum atomic E-state index is 12.1. The van der Waals surface area contributed by atoms with E-state index < -0.39 is 14.9 Å². The third-order valence-corrected chi connectivity index (χ3v) is 4.50. The molecule has 1 aliphatic heterocycles. The van der Waals surface area contributed by atoms with Crippen LogP contribution in [0, 0.1) is 10.1 Å². The Labute approximate surface area is 116 Å². The normalized spacial score (nSPS) is 19.1. The van der Waals surface area contributed by atoms with Gasteiger partial charge in [-0.1, -0.05) is 0 Å². The van der Waals surface area contributed by atoms with Crippen molar-refractivity contribution in [3.63, 3.8) is 0 Å². The topological polar surface area (TPSA) is 125 Å². The van der Waals surface area contributed by atoms with Gasteiger partial charge in [0.15, 0.2) is 0 Å². The monoisotopic (exact) mass is 301 g/mol. The van der Waals surface area contributed by atoms with E-state index >= 15 is 0 Å². The second-order valence-electron chi connectivity index (χ2n) is 4.47. The molecule has 0 saturated carbocycles. The van der Waals surface area contributed by atoms with Crippen LogP contribution in [0.5, 0.6) is 0 Å². The Morgan fingerprint density at radius 1 is 1.50 bits per heavy atom. The fraction of sp³-hybridized carbons (Fsp3) is 0.455. The van der Waals surface area contributed by atoms with Crippen LogP contribution in [0.2, 0.25) is 0 Å². The summed E-state index contributed by atoms with van der Waals surface area (Å²) in [4.78, 5) is 9.73. The average molecular weight is 301 g/mol. The second kappa shape index (κ2) is 5.73. The van der Waals surface area contributed by atoms with E-state index in [1.54, 1.807) is 0 Å². The maximum Gasteiger partial charge on any atom is 0.270 e. The van der Waals surface area contributed by atoms with Gasteiger partial charge in [0.05, 0.1) is 16.7 Å². The van der Waals surface area contributed by atoms with Gasteiger partial charge in [0.2, 0.25) is 10.0 Å². The number of anilines is 1. The number of nitrogens with one attached hydrogen (secondary N) is 1. The predicted octanol–water partition coefficient (Wildman–Crippen LogP) is 0.634. The summed E-state index contributed by atoms with van der Waals surface area (Å²) < 4.78 is 31.9. The van der Waals surface area contributed by atoms with Gasteiger partial charge in [-0.25, -0.2) is 13.1 Å². The third-order valence-electron chi connectivity index (χ3n) is 3.02. The molecule has 0 spiro atoms. The van der Waals surface area contributed by atoms with E-state index in [1.807, 2.05) is 0 Å². The molecule has 1 saturated heterocycles. The molecular formula is C11H15N3O5S. The van der Waals surface area contributed by atoms with E-state index in [0.29, 0.717) is 6.61 Å². The SMILES string of the molecule is Nc1ccc([N+](=O)[O-])cc1S(=O)(=O)NCC1CCCO1. The molecule has 0 bridgehead atoms. The molecule has 3 N–H and O–H groups in total. The molecule has 0 aromatic heterocycles. The molecule has 1 unspecified atom stereocenters. The Bertz CT molecular complexity index is 610. The van der Waals surface area contributed by atoms with Gasteiger partial charge in [0.25, 0.3) is 5.69 Å². The number of nitrogen functional groups attached to an aromatic ring is 1. The fourth-order valence-electron chi connectivity index (χ4n) is 1.96. The lowest BCUT2D eigenvalue weighted by Gasteiger charge is -2.12. The van der Waals surface area contributed by atoms with Crippen molar-refractivity contribution in [1.82, 2.24) is 4.72 Å². The molecule has 0 amide bonds. The number of benzene rings is 1. The number of rotatable bonds is 5. The Balaban J connectivity index is 2.19. The lowest BCUT2D eigenvalue weighted by molar-refractivity contribution is -0.385. The van der Waals surface area contributed by atoms with Gasteiger partial charge >= 0.3 is 0 Å². The third kappa shape index (κ3) is 3.24. The van der Waals surface area contributed by atoms with E-state index in [1.165, 1.54) is 6.07 Å². The standard InChI is InChI=1S/C11H15N3O5S/c12-10-4-3-8(14(15)16)6-11(10)20(17,18)13-7-9-2-1-5-19-9/h3-4,6,9,13H,1-2,5,7,12H2. The smallest absolute Gasteiger partial charge is 0.270 e. The number of sulfonamides is 1. The Hall–Kier alpha value is -1.71. The first-order valence-corrected chi connectivity index (χ1v) is 7.53. The Kier molecular flexibility index (Phi) is 4.21. The number of non-ortho nitro benzene ring substituents is 1. The molecule has 0 radical (unpaired) electrons. The van der Waals surface area contributed by atoms with Crippen LogP contribution in [-0.4, -0.2) is 32.6 Å². The molecule has 1 fully saturated rings. The van der Waals surface area contributed by atoms with Crippen LogP contribution in [0.15, 0.2) is 23.1 Å². The van der Waals surface area contributed by atoms with Crippen LogP contribution in [0.1, 0.15) is 12.8 Å². The minimum absolute atomic E-state index is 0.0320. The molecular weight excluding hydrogens is 286 g/mol. The van der Waals surface area contributed by atoms with Crippen LogP contribution in [0.3, 0.4) is 0 Å². The van der Waals surface area contributed by atoms with Crippen molar-refractivity contribution in [2.75, 3.05) is 18.9 Å². The highest BCUT2D eigenvalue weighted by atomic mass is 32.2. The Morgan fingerprint density at radius 2 is 2.25 bits per heavy atom. The molecule has 9 heteroatoms. The highest BCUT2D eigenvalue weighted by molar-refractivity contribution is 7.89. The summed E-state index contributed by atoms with van der Waals surface area (Å²) in [6.45, 7) is 0.746. The first-order chi connectivity index (χ1) is 9.40. The molecule has 1 aromatic rings. The lowest BCUT2D eigenvalue weighted by Crippen LogP contribution is -2.32. The van der Waals surface area contributed by atoms with Crippen molar-refractivity contribution in [3.05, 3.63) is 28.3 Å². The summed E-state index contributed by atoms with van der Waals surface area (Å²) in [5.41, 5.74) is 5.23. The number of ether oxygens (including phenoxy) is 1. The van der Waals surface area contributed by atoms with E-state index in [4.69, 9.17) is 10.5 Å². The van der Waals surface area contributed by atoms with E-state index in [0.717, 1.165) is 25.0 Å². The zero-order valence-electron chi connectivity index (χ0n) is 10.6. The quantitative estimate of drug-likeness (QED) is 0.467. The number of nitro benzene ring substituents is 1. The number of nitrogens with zero attached hydrogens (tertiary/aromatic N) is 1. The molecule has 1 atom stereocenters. The van der Waals surface area contributed by atoms with Crippen molar-refractivity contribution in [2.45, 2.75) is 23.8 Å². The molecule has 1 heterocycles. The molecule has 2 rings (SSSR count). The van der Waals surface area contributed by atoms with Crippen molar-refractivity contribution < 1.29 is 18.1 Å². The Morgan fingerprint density at radius 3 is 2.85 bits per heavy atom. The van der Waals surface area contributed by atoms with Crippen LogP contribution in [0.4, 0.5) is 11.4 Å². The van der Waals surface area contributed by atoms with Crippen molar-refractivity contribution in [1.29, 1.82) is 0 Å². The summed E-state index contributed by atoms with van der Waals surface area (Å²) in [6.07, 6.45) is 1.52. The van der Waals surface area contributed by atoms with Gasteiger partial charge in [0, 0.05) is 25.3 Å². The minimum Gasteiger partial charge on any atom is -0.398 e. The predicted molar refractivity (Wildman–Crippen MR) is 71.7 cm³/mol. The van der Waals surface area contributed by atoms with Crippen LogP contribution >= 0.6 is 0 Å². The van der Waals surface area contributed by atoms with Gasteiger partial charge < -0.3 is 10.5 Å². The number of hydrogen-bond acceptors (Lipinski definition) is 6. The zero-order valence-corrected chi connectivity index (χ0v) is 11.4. The molecule has 20 heavy (non-hydrogen) atoms. The van der Waals surface area contributed by atoms with E-state index in [-0.39, 0.29) is 28.9 Å². The summed E-state index contributed by atoms with van der Waals surface area (Å²) in [7, 11) is -3.89. The van der Waals surface area contributed by atoms with Crippen molar-refractivity contribution in [2.24, 2.45) is 0 Å². The summed E-state index contributed by atoms with van der Waals surface area (Å²) in [6, 6.07) is 3.32. The van der Waals surface area contributed by atoms with E-state index in [9.17, 15) is 18.5 Å². The summed E-state index contributed by atoms with van der Waals surface area (Å²) in [5.74, 6) is 0. The lowest BCUT2D eigenvalue weighted by atomic mass is 10.2. The van der Waals surface area contributed by atoms with Crippen LogP contribution in [-0.2, 0) is 14.8 Å². The minimum atomic E-state index is -3.89. The molecule has 8 nitrogen and oxygen atoms in total. The van der Waals surface area contributed by atoms with Crippen molar-refractivity contribution >= 4 is 21.4 Å². The fourth-order valence-corrected chi connectivity index (χ4v) is 3.17.